The number of ether oxygens (including phenoxy) is 3. The zero-order chi connectivity index (χ0) is 36.2. The van der Waals surface area contributed by atoms with E-state index in [0.717, 1.165) is 93.9 Å². The van der Waals surface area contributed by atoms with Gasteiger partial charge in [-0.05, 0) is 124 Å². The summed E-state index contributed by atoms with van der Waals surface area (Å²) in [6.07, 6.45) is 12.2. The predicted molar refractivity (Wildman–Crippen MR) is 203 cm³/mol. The Hall–Kier alpha value is -2.63. The molecular weight excluding hydrogens is 686 g/mol. The number of hydrogen-bond donors (Lipinski definition) is 1. The number of methoxy groups -OCH3 is 1. The average molecular weight is 742 g/mol. The number of allylic oxidation sites excluding steroid dienone is 1. The van der Waals surface area contributed by atoms with E-state index in [0.29, 0.717) is 43.0 Å². The molecule has 0 aromatic heterocycles. The second-order valence-electron chi connectivity index (χ2n) is 15.1. The zero-order valence-corrected chi connectivity index (χ0v) is 32.3. The maximum absolute atomic E-state index is 13.6. The van der Waals surface area contributed by atoms with Crippen molar-refractivity contribution >= 4 is 33.2 Å². The van der Waals surface area contributed by atoms with Crippen molar-refractivity contribution in [3.05, 3.63) is 70.3 Å². The van der Waals surface area contributed by atoms with E-state index < -0.39 is 26.8 Å². The Morgan fingerprint density at radius 1 is 1.02 bits per heavy atom. The van der Waals surface area contributed by atoms with Gasteiger partial charge in [-0.3, -0.25) is 9.69 Å². The molecule has 9 nitrogen and oxygen atoms in total. The molecule has 11 heteroatoms. The van der Waals surface area contributed by atoms with Gasteiger partial charge in [0.15, 0.2) is 0 Å². The van der Waals surface area contributed by atoms with Crippen LogP contribution in [0.15, 0.2) is 48.6 Å². The number of sulfonamides is 1. The lowest BCUT2D eigenvalue weighted by Gasteiger charge is -2.52. The molecule has 0 unspecified atom stereocenters. The number of halogens is 1. The van der Waals surface area contributed by atoms with Crippen LogP contribution < -0.4 is 14.4 Å². The second kappa shape index (κ2) is 16.6. The molecule has 280 valence electrons. The number of nitrogens with zero attached hydrogens (tertiary/aromatic N) is 2. The van der Waals surface area contributed by atoms with Crippen molar-refractivity contribution < 1.29 is 27.4 Å². The molecule has 2 aromatic carbocycles. The Morgan fingerprint density at radius 3 is 2.55 bits per heavy atom. The van der Waals surface area contributed by atoms with Gasteiger partial charge in [-0.15, -0.1) is 0 Å². The summed E-state index contributed by atoms with van der Waals surface area (Å²) >= 11 is 6.40. The van der Waals surface area contributed by atoms with E-state index in [9.17, 15) is 13.2 Å². The fourth-order valence-corrected chi connectivity index (χ4v) is 9.95. The van der Waals surface area contributed by atoms with E-state index in [1.54, 1.807) is 20.1 Å². The molecule has 3 aliphatic heterocycles. The lowest BCUT2D eigenvalue weighted by atomic mass is 9.63. The number of benzene rings is 2. The van der Waals surface area contributed by atoms with Crippen molar-refractivity contribution in [1.82, 2.24) is 9.62 Å². The van der Waals surface area contributed by atoms with Gasteiger partial charge in [-0.1, -0.05) is 36.7 Å². The van der Waals surface area contributed by atoms with Crippen LogP contribution in [-0.2, 0) is 32.5 Å². The molecule has 1 saturated carbocycles. The van der Waals surface area contributed by atoms with Crippen LogP contribution in [0.5, 0.6) is 5.75 Å². The van der Waals surface area contributed by atoms with E-state index >= 15 is 0 Å². The average Bonchev–Trinajstić information content (AvgIpc) is 3.12. The number of carbonyl (C=O) groups is 1. The molecule has 51 heavy (non-hydrogen) atoms. The summed E-state index contributed by atoms with van der Waals surface area (Å²) in [5, 5.41) is -0.0615. The topological polar surface area (TPSA) is 97.4 Å². The smallest absolute Gasteiger partial charge is 0.264 e. The summed E-state index contributed by atoms with van der Waals surface area (Å²) in [5.41, 5.74) is 2.88. The molecule has 1 aliphatic carbocycles. The lowest BCUT2D eigenvalue weighted by molar-refractivity contribution is -0.113. The Bertz CT molecular complexity index is 1660. The third-order valence-electron chi connectivity index (χ3n) is 11.9. The van der Waals surface area contributed by atoms with Crippen molar-refractivity contribution in [1.29, 1.82) is 0 Å². The first-order valence-corrected chi connectivity index (χ1v) is 20.9. The van der Waals surface area contributed by atoms with Crippen molar-refractivity contribution in [2.24, 2.45) is 17.8 Å². The molecule has 0 spiro atoms. The summed E-state index contributed by atoms with van der Waals surface area (Å²) in [6, 6.07) is 11.3. The molecule has 2 aromatic rings. The van der Waals surface area contributed by atoms with Gasteiger partial charge in [-0.25, -0.2) is 13.1 Å². The van der Waals surface area contributed by atoms with E-state index in [1.165, 1.54) is 5.56 Å². The first kappa shape index (κ1) is 38.1. The Morgan fingerprint density at radius 2 is 1.82 bits per heavy atom. The molecule has 4 aliphatic rings. The van der Waals surface area contributed by atoms with Crippen LogP contribution in [0.2, 0.25) is 5.02 Å². The Balaban J connectivity index is 1.40. The summed E-state index contributed by atoms with van der Waals surface area (Å²) in [5.74, 6) is 0.464. The first-order valence-electron chi connectivity index (χ1n) is 18.9. The van der Waals surface area contributed by atoms with Crippen LogP contribution in [-0.4, -0.2) is 82.6 Å². The third kappa shape index (κ3) is 8.78. The SMILES string of the molecule is CCO[C@@]1(CN2CCC(OC)CC2)/C=C/C[C@H](C)[C@@H](C)S(=O)(=O)NC(=O)c2ccc3c(c2)N(CCCCc2cc(Cl)ccc2CO3)C[C@@H]2CC[C@H]21. The Kier molecular flexibility index (Phi) is 12.4. The molecule has 0 radical (unpaired) electrons. The van der Waals surface area contributed by atoms with Crippen LogP contribution >= 0.6 is 11.6 Å². The number of likely N-dealkylation sites (tertiary alicyclic amines) is 1. The summed E-state index contributed by atoms with van der Waals surface area (Å²) < 4.78 is 48.7. The minimum atomic E-state index is -3.95. The number of anilines is 1. The van der Waals surface area contributed by atoms with E-state index in [4.69, 9.17) is 25.8 Å². The quantitative estimate of drug-likeness (QED) is 0.327. The van der Waals surface area contributed by atoms with Gasteiger partial charge in [0.25, 0.3) is 5.91 Å². The van der Waals surface area contributed by atoms with E-state index in [-0.39, 0.29) is 11.8 Å². The first-order chi connectivity index (χ1) is 24.5. The Labute approximate surface area is 310 Å². The molecule has 6 rings (SSSR count). The van der Waals surface area contributed by atoms with Gasteiger partial charge in [0, 0.05) is 57.0 Å². The van der Waals surface area contributed by atoms with E-state index in [1.807, 2.05) is 37.3 Å². The highest BCUT2D eigenvalue weighted by atomic mass is 35.5. The van der Waals surface area contributed by atoms with Gasteiger partial charge in [0.05, 0.1) is 17.0 Å². The van der Waals surface area contributed by atoms with Crippen LogP contribution in [0.4, 0.5) is 5.69 Å². The van der Waals surface area contributed by atoms with Crippen molar-refractivity contribution in [3.8, 4) is 5.75 Å². The maximum Gasteiger partial charge on any atom is 0.264 e. The third-order valence-corrected chi connectivity index (χ3v) is 14.1. The van der Waals surface area contributed by atoms with E-state index in [2.05, 4.69) is 33.6 Å². The van der Waals surface area contributed by atoms with Gasteiger partial charge >= 0.3 is 0 Å². The molecule has 2 fully saturated rings. The lowest BCUT2D eigenvalue weighted by Crippen LogP contribution is -2.57. The molecule has 1 amide bonds. The number of rotatable bonds is 5. The van der Waals surface area contributed by atoms with Gasteiger partial charge in [-0.2, -0.15) is 0 Å². The number of fused-ring (bicyclic) bond motifs is 3. The molecule has 1 saturated heterocycles. The predicted octanol–water partition coefficient (Wildman–Crippen LogP) is 7.02. The number of nitrogens with one attached hydrogen (secondary N) is 1. The van der Waals surface area contributed by atoms with Gasteiger partial charge in [0.1, 0.15) is 18.0 Å². The van der Waals surface area contributed by atoms with Crippen LogP contribution in [0.25, 0.3) is 0 Å². The molecule has 1 N–H and O–H groups in total. The van der Waals surface area contributed by atoms with Crippen LogP contribution in [0.1, 0.15) is 87.2 Å². The normalized spacial score (nSPS) is 30.1. The second-order valence-corrected chi connectivity index (χ2v) is 17.6. The maximum atomic E-state index is 13.6. The molecule has 3 heterocycles. The highest BCUT2D eigenvalue weighted by Crippen LogP contribution is 2.47. The fraction of sp³-hybridized carbons (Fsp3) is 0.625. The summed E-state index contributed by atoms with van der Waals surface area (Å²) in [4.78, 5) is 18.5. The minimum absolute atomic E-state index is 0.220. The summed E-state index contributed by atoms with van der Waals surface area (Å²) in [6.45, 7) is 10.9. The summed E-state index contributed by atoms with van der Waals surface area (Å²) in [7, 11) is -2.15. The van der Waals surface area contributed by atoms with Crippen LogP contribution in [0, 0.1) is 17.8 Å². The number of aryl methyl sites for hydroxylation is 1. The fourth-order valence-electron chi connectivity index (χ4n) is 8.47. The van der Waals surface area contributed by atoms with Gasteiger partial charge < -0.3 is 19.1 Å². The number of hydrogen-bond acceptors (Lipinski definition) is 8. The van der Waals surface area contributed by atoms with Crippen LogP contribution in [0.3, 0.4) is 0 Å². The standard InChI is InChI=1S/C40H56ClN3O6S/c1-5-50-40(27-43-21-17-35(48-4)18-22-43)19-8-9-28(2)29(3)51(46,47)42-39(45)31-13-16-38-37(24-31)44(25-32-12-15-36(32)40)20-7-6-10-30-23-34(41)14-11-33(30)26-49-38/h8,11,13-14,16,19,23-24,28-29,32,35-36H,5-7,9-10,12,15,17-18,20-22,25-27H2,1-4H3,(H,42,45)/b19-8+/t28-,29+,32-,36+,40+/m0/s1. The highest BCUT2D eigenvalue weighted by Gasteiger charge is 2.48. The monoisotopic (exact) mass is 741 g/mol. The molecular formula is C40H56ClN3O6S. The zero-order valence-electron chi connectivity index (χ0n) is 30.7. The molecule has 5 atom stereocenters. The highest BCUT2D eigenvalue weighted by molar-refractivity contribution is 7.90. The number of amides is 1. The molecule has 2 bridgehead atoms. The van der Waals surface area contributed by atoms with Crippen molar-refractivity contribution in [3.63, 3.8) is 0 Å². The van der Waals surface area contributed by atoms with Crippen molar-refractivity contribution in [2.75, 3.05) is 51.3 Å². The van der Waals surface area contributed by atoms with Gasteiger partial charge in [0.2, 0.25) is 10.0 Å². The number of carbonyl (C=O) groups excluding carboxylic acids is 1. The van der Waals surface area contributed by atoms with Crippen molar-refractivity contribution in [2.45, 2.75) is 95.7 Å². The minimum Gasteiger partial charge on any atom is -0.487 e. The number of piperidine rings is 1. The largest absolute Gasteiger partial charge is 0.487 e.